The van der Waals surface area contributed by atoms with Crippen LogP contribution in [0.3, 0.4) is 0 Å². The van der Waals surface area contributed by atoms with Gasteiger partial charge in [-0.05, 0) is 35.9 Å². The highest BCUT2D eigenvalue weighted by molar-refractivity contribution is 5.96. The van der Waals surface area contributed by atoms with Gasteiger partial charge in [-0.2, -0.15) is 0 Å². The molecule has 2 aromatic carbocycles. The van der Waals surface area contributed by atoms with Crippen molar-refractivity contribution in [3.05, 3.63) is 48.6 Å². The summed E-state index contributed by atoms with van der Waals surface area (Å²) in [5.41, 5.74) is 1.12. The number of ether oxygens (including phenoxy) is 1. The fraction of sp³-hybridized carbons (Fsp3) is 0.381. The van der Waals surface area contributed by atoms with E-state index in [0.29, 0.717) is 11.1 Å². The molecule has 0 saturated carbocycles. The van der Waals surface area contributed by atoms with Crippen LogP contribution in [0.1, 0.15) is 51.0 Å². The molecule has 0 saturated heterocycles. The first-order valence-electron chi connectivity index (χ1n) is 8.74. The van der Waals surface area contributed by atoms with E-state index in [1.54, 1.807) is 12.1 Å². The molecule has 2 rings (SSSR count). The third-order valence-corrected chi connectivity index (χ3v) is 4.17. The molecule has 0 aromatic heterocycles. The fourth-order valence-electron chi connectivity index (χ4n) is 2.91. The molecule has 0 aliphatic heterocycles. The fourth-order valence-corrected chi connectivity index (χ4v) is 2.91. The number of rotatable bonds is 9. The van der Waals surface area contributed by atoms with Crippen LogP contribution < -0.4 is 4.74 Å². The molecule has 0 aliphatic rings. The zero-order valence-corrected chi connectivity index (χ0v) is 14.4. The Labute approximate surface area is 144 Å². The van der Waals surface area contributed by atoms with Crippen molar-refractivity contribution in [2.75, 3.05) is 0 Å². The molecule has 3 heteroatoms. The molecule has 0 atom stereocenters. The van der Waals surface area contributed by atoms with Crippen LogP contribution in [0.2, 0.25) is 0 Å². The molecule has 0 bridgehead atoms. The standard InChI is InChI=1S/C21H26O3/c1-3-5-6-7-8-9-11-16-14-17-12-10-13-18(22)21(17)19(15-16)24-20(23)4-2/h4,10,12-15,22H,2-3,5-9,11H2,1H3. The van der Waals surface area contributed by atoms with Crippen molar-refractivity contribution < 1.29 is 14.6 Å². The highest BCUT2D eigenvalue weighted by Gasteiger charge is 2.11. The zero-order valence-electron chi connectivity index (χ0n) is 14.4. The van der Waals surface area contributed by atoms with Gasteiger partial charge in [0.1, 0.15) is 11.5 Å². The highest BCUT2D eigenvalue weighted by atomic mass is 16.5. The topological polar surface area (TPSA) is 46.5 Å². The van der Waals surface area contributed by atoms with E-state index in [2.05, 4.69) is 19.6 Å². The Morgan fingerprint density at radius 3 is 2.67 bits per heavy atom. The minimum atomic E-state index is -0.517. The largest absolute Gasteiger partial charge is 0.507 e. The number of hydrogen-bond acceptors (Lipinski definition) is 3. The molecule has 0 spiro atoms. The minimum Gasteiger partial charge on any atom is -0.507 e. The monoisotopic (exact) mass is 326 g/mol. The molecule has 0 unspecified atom stereocenters. The Kier molecular flexibility index (Phi) is 6.86. The predicted octanol–water partition coefficient (Wildman–Crippen LogP) is 5.54. The van der Waals surface area contributed by atoms with Gasteiger partial charge in [-0.15, -0.1) is 0 Å². The molecule has 128 valence electrons. The van der Waals surface area contributed by atoms with E-state index in [1.165, 1.54) is 32.1 Å². The maximum absolute atomic E-state index is 11.6. The number of carbonyl (C=O) groups excluding carboxylic acids is 1. The van der Waals surface area contributed by atoms with Gasteiger partial charge in [-0.1, -0.05) is 63.8 Å². The van der Waals surface area contributed by atoms with Crippen LogP contribution in [0.25, 0.3) is 10.8 Å². The summed E-state index contributed by atoms with van der Waals surface area (Å²) >= 11 is 0. The average molecular weight is 326 g/mol. The van der Waals surface area contributed by atoms with Crippen LogP contribution in [0, 0.1) is 0 Å². The first-order valence-corrected chi connectivity index (χ1v) is 8.74. The molecule has 0 heterocycles. The van der Waals surface area contributed by atoms with Crippen LogP contribution in [0.4, 0.5) is 0 Å². The Morgan fingerprint density at radius 2 is 1.92 bits per heavy atom. The van der Waals surface area contributed by atoms with Crippen molar-refractivity contribution in [1.82, 2.24) is 0 Å². The van der Waals surface area contributed by atoms with Crippen molar-refractivity contribution in [3.63, 3.8) is 0 Å². The van der Waals surface area contributed by atoms with Gasteiger partial charge < -0.3 is 9.84 Å². The van der Waals surface area contributed by atoms with E-state index in [4.69, 9.17) is 4.74 Å². The van der Waals surface area contributed by atoms with Crippen molar-refractivity contribution in [2.45, 2.75) is 51.9 Å². The summed E-state index contributed by atoms with van der Waals surface area (Å²) in [4.78, 5) is 11.6. The smallest absolute Gasteiger partial charge is 0.335 e. The summed E-state index contributed by atoms with van der Waals surface area (Å²) in [5, 5.41) is 11.6. The number of fused-ring (bicyclic) bond motifs is 1. The lowest BCUT2D eigenvalue weighted by molar-refractivity contribution is -0.128. The van der Waals surface area contributed by atoms with Gasteiger partial charge in [0.05, 0.1) is 5.39 Å². The summed E-state index contributed by atoms with van der Waals surface area (Å²) in [6.45, 7) is 5.65. The molecular formula is C21H26O3. The number of aromatic hydroxyl groups is 1. The minimum absolute atomic E-state index is 0.116. The Balaban J connectivity index is 2.16. The molecule has 0 fully saturated rings. The summed E-state index contributed by atoms with van der Waals surface area (Å²) in [7, 11) is 0. The molecule has 0 radical (unpaired) electrons. The van der Waals surface area contributed by atoms with Crippen molar-refractivity contribution >= 4 is 16.7 Å². The van der Waals surface area contributed by atoms with Crippen molar-refractivity contribution in [3.8, 4) is 11.5 Å². The molecular weight excluding hydrogens is 300 g/mol. The first-order chi connectivity index (χ1) is 11.7. The third-order valence-electron chi connectivity index (χ3n) is 4.17. The molecule has 0 aliphatic carbocycles. The lowest BCUT2D eigenvalue weighted by atomic mass is 10.0. The molecule has 3 nitrogen and oxygen atoms in total. The number of hydrogen-bond donors (Lipinski definition) is 1. The van der Waals surface area contributed by atoms with E-state index < -0.39 is 5.97 Å². The van der Waals surface area contributed by atoms with E-state index in [1.807, 2.05) is 12.1 Å². The van der Waals surface area contributed by atoms with Gasteiger partial charge in [-0.3, -0.25) is 0 Å². The molecule has 0 amide bonds. The summed E-state index contributed by atoms with van der Waals surface area (Å²) in [5.74, 6) is -0.00164. The maximum atomic E-state index is 11.6. The number of benzene rings is 2. The van der Waals surface area contributed by atoms with Crippen molar-refractivity contribution in [1.29, 1.82) is 0 Å². The molecule has 1 N–H and O–H groups in total. The number of phenolic OH excluding ortho intramolecular Hbond substituents is 1. The van der Waals surface area contributed by atoms with Crippen molar-refractivity contribution in [2.24, 2.45) is 0 Å². The Bertz CT molecular complexity index is 704. The second-order valence-electron chi connectivity index (χ2n) is 6.11. The second-order valence-corrected chi connectivity index (χ2v) is 6.11. The lowest BCUT2D eigenvalue weighted by Gasteiger charge is -2.11. The number of aryl methyl sites for hydroxylation is 1. The van der Waals surface area contributed by atoms with Crippen LogP contribution in [0.15, 0.2) is 43.0 Å². The SMILES string of the molecule is C=CC(=O)Oc1cc(CCCCCCCC)cc2cccc(O)c12. The zero-order chi connectivity index (χ0) is 17.4. The van der Waals surface area contributed by atoms with Gasteiger partial charge in [-0.25, -0.2) is 4.79 Å². The number of phenols is 1. The number of esters is 1. The van der Waals surface area contributed by atoms with Crippen LogP contribution in [-0.2, 0) is 11.2 Å². The van der Waals surface area contributed by atoms with Gasteiger partial charge >= 0.3 is 5.97 Å². The average Bonchev–Trinajstić information content (AvgIpc) is 2.57. The van der Waals surface area contributed by atoms with Gasteiger partial charge in [0.25, 0.3) is 0 Å². The van der Waals surface area contributed by atoms with Crippen LogP contribution >= 0.6 is 0 Å². The van der Waals surface area contributed by atoms with E-state index in [9.17, 15) is 9.90 Å². The van der Waals surface area contributed by atoms with E-state index in [0.717, 1.165) is 29.9 Å². The summed E-state index contributed by atoms with van der Waals surface area (Å²) in [6.07, 6.45) is 9.51. The summed E-state index contributed by atoms with van der Waals surface area (Å²) in [6, 6.07) is 9.24. The Hall–Kier alpha value is -2.29. The van der Waals surface area contributed by atoms with Gasteiger partial charge in [0, 0.05) is 6.08 Å². The van der Waals surface area contributed by atoms with Crippen LogP contribution in [0.5, 0.6) is 11.5 Å². The third kappa shape index (κ3) is 4.85. The normalized spacial score (nSPS) is 10.7. The number of carbonyl (C=O) groups is 1. The predicted molar refractivity (Wildman–Crippen MR) is 98.5 cm³/mol. The first kappa shape index (κ1) is 18.1. The van der Waals surface area contributed by atoms with Crippen LogP contribution in [-0.4, -0.2) is 11.1 Å². The van der Waals surface area contributed by atoms with E-state index >= 15 is 0 Å². The lowest BCUT2D eigenvalue weighted by Crippen LogP contribution is -2.04. The molecule has 24 heavy (non-hydrogen) atoms. The van der Waals surface area contributed by atoms with Gasteiger partial charge in [0.2, 0.25) is 0 Å². The molecule has 2 aromatic rings. The maximum Gasteiger partial charge on any atom is 0.335 e. The quantitative estimate of drug-likeness (QED) is 0.285. The second kappa shape index (κ2) is 9.11. The number of unbranched alkanes of at least 4 members (excludes halogenated alkanes) is 5. The summed E-state index contributed by atoms with van der Waals surface area (Å²) < 4.78 is 5.34. The Morgan fingerprint density at radius 1 is 1.17 bits per heavy atom. The van der Waals surface area contributed by atoms with E-state index in [-0.39, 0.29) is 5.75 Å². The highest BCUT2D eigenvalue weighted by Crippen LogP contribution is 2.35. The van der Waals surface area contributed by atoms with Gasteiger partial charge in [0.15, 0.2) is 0 Å².